The van der Waals surface area contributed by atoms with Crippen LogP contribution >= 0.6 is 11.6 Å². The van der Waals surface area contributed by atoms with Gasteiger partial charge in [-0.1, -0.05) is 12.2 Å². The molecule has 0 saturated carbocycles. The van der Waals surface area contributed by atoms with Crippen molar-refractivity contribution >= 4 is 28.7 Å². The molecule has 0 aliphatic carbocycles. The van der Waals surface area contributed by atoms with E-state index in [1.807, 2.05) is 12.2 Å². The quantitative estimate of drug-likeness (QED) is 0.603. The number of nitrogens with zero attached hydrogens (tertiary/aromatic N) is 3. The molecule has 6 nitrogen and oxygen atoms in total. The maximum Gasteiger partial charge on any atom is 0.280 e. The Hall–Kier alpha value is -1.82. The van der Waals surface area contributed by atoms with Crippen LogP contribution in [0.15, 0.2) is 23.3 Å². The van der Waals surface area contributed by atoms with E-state index in [9.17, 15) is 4.79 Å². The lowest BCUT2D eigenvalue weighted by Gasteiger charge is -1.98. The smallest absolute Gasteiger partial charge is 0.280 e. The molecular formula is C9H10ClN5O. The van der Waals surface area contributed by atoms with Gasteiger partial charge in [-0.25, -0.2) is 4.98 Å². The Morgan fingerprint density at radius 2 is 2.38 bits per heavy atom. The van der Waals surface area contributed by atoms with Crippen LogP contribution in [-0.2, 0) is 6.54 Å². The summed E-state index contributed by atoms with van der Waals surface area (Å²) in [5.74, 6) is 0.531. The number of anilines is 1. The number of alkyl halides is 1. The van der Waals surface area contributed by atoms with Crippen LogP contribution in [0.25, 0.3) is 11.2 Å². The third-order valence-corrected chi connectivity index (χ3v) is 2.23. The number of nitrogen functional groups attached to an aromatic ring is 1. The highest BCUT2D eigenvalue weighted by molar-refractivity contribution is 6.18. The van der Waals surface area contributed by atoms with Crippen molar-refractivity contribution in [3.05, 3.63) is 28.8 Å². The van der Waals surface area contributed by atoms with Gasteiger partial charge in [-0.2, -0.15) is 4.98 Å². The molecule has 0 amide bonds. The largest absolute Gasteiger partial charge is 0.369 e. The molecule has 16 heavy (non-hydrogen) atoms. The van der Waals surface area contributed by atoms with E-state index in [1.54, 1.807) is 10.9 Å². The van der Waals surface area contributed by atoms with Gasteiger partial charge < -0.3 is 10.3 Å². The Morgan fingerprint density at radius 3 is 3.12 bits per heavy atom. The number of aromatic amines is 1. The summed E-state index contributed by atoms with van der Waals surface area (Å²) >= 11 is 5.51. The number of allylic oxidation sites excluding steroid dienone is 2. The molecule has 84 valence electrons. The SMILES string of the molecule is Nc1nc2c(ncn2C/C=C\CCl)c(=O)[nH]1. The van der Waals surface area contributed by atoms with Crippen LogP contribution in [0.4, 0.5) is 5.95 Å². The number of nitrogens with two attached hydrogens (primary N) is 1. The Kier molecular flexibility index (Phi) is 2.91. The van der Waals surface area contributed by atoms with Crippen molar-refractivity contribution in [2.45, 2.75) is 6.54 Å². The summed E-state index contributed by atoms with van der Waals surface area (Å²) in [6.45, 7) is 0.555. The van der Waals surface area contributed by atoms with Gasteiger partial charge in [0.15, 0.2) is 11.2 Å². The zero-order valence-corrected chi connectivity index (χ0v) is 9.11. The summed E-state index contributed by atoms with van der Waals surface area (Å²) in [4.78, 5) is 21.8. The molecule has 2 heterocycles. The van der Waals surface area contributed by atoms with Crippen LogP contribution in [-0.4, -0.2) is 25.4 Å². The van der Waals surface area contributed by atoms with E-state index < -0.39 is 0 Å². The van der Waals surface area contributed by atoms with Gasteiger partial charge in [-0.15, -0.1) is 11.6 Å². The summed E-state index contributed by atoms with van der Waals surface area (Å²) in [6.07, 6.45) is 5.22. The van der Waals surface area contributed by atoms with E-state index in [1.165, 1.54) is 0 Å². The van der Waals surface area contributed by atoms with Gasteiger partial charge in [-0.05, 0) is 0 Å². The fraction of sp³-hybridized carbons (Fsp3) is 0.222. The maximum absolute atomic E-state index is 11.5. The van der Waals surface area contributed by atoms with Gasteiger partial charge in [0.05, 0.1) is 6.33 Å². The summed E-state index contributed by atoms with van der Waals surface area (Å²) < 4.78 is 1.73. The molecule has 0 unspecified atom stereocenters. The molecular weight excluding hydrogens is 230 g/mol. The van der Waals surface area contributed by atoms with Gasteiger partial charge in [0.2, 0.25) is 5.95 Å². The lowest BCUT2D eigenvalue weighted by molar-refractivity contribution is 0.836. The molecule has 0 fully saturated rings. The number of hydrogen-bond donors (Lipinski definition) is 2. The van der Waals surface area contributed by atoms with Gasteiger partial charge >= 0.3 is 0 Å². The normalized spacial score (nSPS) is 11.6. The summed E-state index contributed by atoms with van der Waals surface area (Å²) in [6, 6.07) is 0. The number of hydrogen-bond acceptors (Lipinski definition) is 4. The average molecular weight is 240 g/mol. The second kappa shape index (κ2) is 4.36. The standard InChI is InChI=1S/C9H10ClN5O/c10-3-1-2-4-15-5-12-6-7(15)13-9(11)14-8(6)16/h1-2,5H,3-4H2,(H3,11,13,14,16)/b2-1-. The molecule has 0 aliphatic rings. The predicted molar refractivity (Wildman–Crippen MR) is 62.4 cm³/mol. The molecule has 2 aromatic rings. The average Bonchev–Trinajstić information content (AvgIpc) is 2.62. The van der Waals surface area contributed by atoms with E-state index in [2.05, 4.69) is 15.0 Å². The molecule has 0 aliphatic heterocycles. The molecule has 7 heteroatoms. The first-order valence-electron chi connectivity index (χ1n) is 4.64. The first-order chi connectivity index (χ1) is 7.72. The van der Waals surface area contributed by atoms with E-state index in [0.717, 1.165) is 0 Å². The van der Waals surface area contributed by atoms with Gasteiger partial charge in [-0.3, -0.25) is 9.78 Å². The highest BCUT2D eigenvalue weighted by Gasteiger charge is 2.07. The molecule has 0 saturated heterocycles. The van der Waals surface area contributed by atoms with Crippen LogP contribution in [0.1, 0.15) is 0 Å². The number of rotatable bonds is 3. The Balaban J connectivity index is 2.47. The van der Waals surface area contributed by atoms with Crippen molar-refractivity contribution in [3.8, 4) is 0 Å². The highest BCUT2D eigenvalue weighted by Crippen LogP contribution is 2.06. The van der Waals surface area contributed by atoms with E-state index >= 15 is 0 Å². The number of halogens is 1. The van der Waals surface area contributed by atoms with Gasteiger partial charge in [0.1, 0.15) is 0 Å². The molecule has 3 N–H and O–H groups in total. The van der Waals surface area contributed by atoms with E-state index in [-0.39, 0.29) is 17.0 Å². The highest BCUT2D eigenvalue weighted by atomic mass is 35.5. The minimum absolute atomic E-state index is 0.0839. The monoisotopic (exact) mass is 239 g/mol. The zero-order chi connectivity index (χ0) is 11.5. The van der Waals surface area contributed by atoms with Crippen LogP contribution < -0.4 is 11.3 Å². The maximum atomic E-state index is 11.5. The van der Waals surface area contributed by atoms with Crippen molar-refractivity contribution in [2.75, 3.05) is 11.6 Å². The Labute approximate surface area is 95.8 Å². The third-order valence-electron chi connectivity index (χ3n) is 2.05. The summed E-state index contributed by atoms with van der Waals surface area (Å²) in [5, 5.41) is 0. The molecule has 0 bridgehead atoms. The number of nitrogens with one attached hydrogen (secondary N) is 1. The van der Waals surface area contributed by atoms with Crippen LogP contribution in [0.2, 0.25) is 0 Å². The Bertz CT molecular complexity index is 585. The van der Waals surface area contributed by atoms with Crippen LogP contribution in [0.3, 0.4) is 0 Å². The molecule has 0 aromatic carbocycles. The van der Waals surface area contributed by atoms with Crippen LogP contribution in [0, 0.1) is 0 Å². The second-order valence-electron chi connectivity index (χ2n) is 3.15. The van der Waals surface area contributed by atoms with Crippen molar-refractivity contribution in [3.63, 3.8) is 0 Å². The molecule has 2 rings (SSSR count). The number of imidazole rings is 1. The van der Waals surface area contributed by atoms with Crippen LogP contribution in [0.5, 0.6) is 0 Å². The fourth-order valence-electron chi connectivity index (χ4n) is 1.36. The molecule has 2 aromatic heterocycles. The lowest BCUT2D eigenvalue weighted by atomic mass is 10.5. The van der Waals surface area contributed by atoms with Crippen molar-refractivity contribution < 1.29 is 0 Å². The zero-order valence-electron chi connectivity index (χ0n) is 8.35. The first-order valence-corrected chi connectivity index (χ1v) is 5.17. The minimum Gasteiger partial charge on any atom is -0.369 e. The van der Waals surface area contributed by atoms with E-state index in [4.69, 9.17) is 17.3 Å². The lowest BCUT2D eigenvalue weighted by Crippen LogP contribution is -2.12. The summed E-state index contributed by atoms with van der Waals surface area (Å²) in [7, 11) is 0. The molecule has 0 atom stereocenters. The van der Waals surface area contributed by atoms with Gasteiger partial charge in [0.25, 0.3) is 5.56 Å². The third kappa shape index (κ3) is 1.92. The van der Waals surface area contributed by atoms with Crippen molar-refractivity contribution in [1.82, 2.24) is 19.5 Å². The topological polar surface area (TPSA) is 89.6 Å². The number of aromatic nitrogens is 4. The minimum atomic E-state index is -0.331. The van der Waals surface area contributed by atoms with Crippen molar-refractivity contribution in [2.24, 2.45) is 0 Å². The number of fused-ring (bicyclic) bond motifs is 1. The second-order valence-corrected chi connectivity index (χ2v) is 3.45. The molecule has 0 radical (unpaired) electrons. The van der Waals surface area contributed by atoms with E-state index in [0.29, 0.717) is 18.1 Å². The predicted octanol–water partition coefficient (Wildman–Crippen LogP) is 0.497. The van der Waals surface area contributed by atoms with Gasteiger partial charge in [0, 0.05) is 12.4 Å². The fourth-order valence-corrected chi connectivity index (χ4v) is 1.48. The Morgan fingerprint density at radius 1 is 1.56 bits per heavy atom. The first kappa shape index (κ1) is 10.7. The number of H-pyrrole nitrogens is 1. The van der Waals surface area contributed by atoms with Crippen molar-refractivity contribution in [1.29, 1.82) is 0 Å². The molecule has 0 spiro atoms. The summed E-state index contributed by atoms with van der Waals surface area (Å²) in [5.41, 5.74) is 5.89.